The molecular formula is C10H19BN2O3S. The lowest BCUT2D eigenvalue weighted by Crippen LogP contribution is -2.36. The van der Waals surface area contributed by atoms with Crippen LogP contribution in [0.1, 0.15) is 25.7 Å². The van der Waals surface area contributed by atoms with Crippen molar-refractivity contribution in [2.75, 3.05) is 5.75 Å². The van der Waals surface area contributed by atoms with E-state index in [4.69, 9.17) is 5.11 Å². The number of thioether (sulfide) groups is 1. The third-order valence-corrected chi connectivity index (χ3v) is 4.58. The molecule has 2 amide bonds. The van der Waals surface area contributed by atoms with E-state index in [9.17, 15) is 9.59 Å². The van der Waals surface area contributed by atoms with E-state index >= 15 is 0 Å². The van der Waals surface area contributed by atoms with Crippen molar-refractivity contribution in [2.45, 2.75) is 43.0 Å². The number of hydrogen-bond acceptors (Lipinski definition) is 3. The van der Waals surface area contributed by atoms with Gasteiger partial charge in [0.1, 0.15) is 0 Å². The second-order valence-corrected chi connectivity index (χ2v) is 5.53. The lowest BCUT2D eigenvalue weighted by molar-refractivity contribution is -0.137. The van der Waals surface area contributed by atoms with Crippen LogP contribution < -0.4 is 10.6 Å². The van der Waals surface area contributed by atoms with Crippen molar-refractivity contribution >= 4 is 32.2 Å². The molecule has 3 atom stereocenters. The molecular weight excluding hydrogens is 239 g/mol. The first-order valence-corrected chi connectivity index (χ1v) is 6.62. The number of carbonyl (C=O) groups excluding carboxylic acids is 1. The zero-order chi connectivity index (χ0) is 11.5. The number of urea groups is 1. The molecule has 0 unspecified atom stereocenters. The summed E-state index contributed by atoms with van der Waals surface area (Å²) in [7, 11) is 0. The van der Waals surface area contributed by atoms with Crippen LogP contribution in [0.2, 0.25) is 0 Å². The van der Waals surface area contributed by atoms with E-state index in [0.717, 1.165) is 25.0 Å². The number of carbonyl (C=O) groups is 2. The zero-order valence-electron chi connectivity index (χ0n) is 8.94. The van der Waals surface area contributed by atoms with Gasteiger partial charge < -0.3 is 15.7 Å². The summed E-state index contributed by atoms with van der Waals surface area (Å²) in [5.74, 6) is 0.236. The van der Waals surface area contributed by atoms with Gasteiger partial charge in [-0.3, -0.25) is 4.79 Å². The quantitative estimate of drug-likeness (QED) is 0.356. The second-order valence-electron chi connectivity index (χ2n) is 4.26. The first kappa shape index (κ1) is 14.2. The Morgan fingerprint density at radius 3 is 2.88 bits per heavy atom. The summed E-state index contributed by atoms with van der Waals surface area (Å²) in [6, 6.07) is 0.440. The Hall–Kier alpha value is -0.845. The smallest absolute Gasteiger partial charge is 0.315 e. The van der Waals surface area contributed by atoms with Crippen LogP contribution in [0.4, 0.5) is 4.79 Å². The maximum absolute atomic E-state index is 11.1. The minimum Gasteiger partial charge on any atom is -0.481 e. The van der Waals surface area contributed by atoms with E-state index in [-0.39, 0.29) is 32.9 Å². The normalized spacial score (nSPS) is 30.1. The van der Waals surface area contributed by atoms with Gasteiger partial charge >= 0.3 is 12.0 Å². The molecule has 0 saturated carbocycles. The van der Waals surface area contributed by atoms with Gasteiger partial charge in [0.05, 0.1) is 20.5 Å². The van der Waals surface area contributed by atoms with Gasteiger partial charge in [0.2, 0.25) is 0 Å². The van der Waals surface area contributed by atoms with E-state index in [1.54, 1.807) is 0 Å². The fraction of sp³-hybridized carbons (Fsp3) is 0.800. The Morgan fingerprint density at radius 2 is 2.18 bits per heavy atom. The number of amides is 2. The highest BCUT2D eigenvalue weighted by molar-refractivity contribution is 8.00. The number of unbranched alkanes of at least 4 members (excludes halogenated alkanes) is 1. The molecule has 0 aromatic heterocycles. The summed E-state index contributed by atoms with van der Waals surface area (Å²) in [4.78, 5) is 21.5. The predicted octanol–water partition coefficient (Wildman–Crippen LogP) is -0.387. The Kier molecular flexibility index (Phi) is 5.17. The molecule has 2 rings (SSSR count). The van der Waals surface area contributed by atoms with Crippen molar-refractivity contribution in [3.05, 3.63) is 0 Å². The number of carboxylic acids is 1. The van der Waals surface area contributed by atoms with Crippen LogP contribution in [0, 0.1) is 0 Å². The highest BCUT2D eigenvalue weighted by atomic mass is 32.2. The average molecular weight is 258 g/mol. The van der Waals surface area contributed by atoms with E-state index in [0.29, 0.717) is 5.25 Å². The highest BCUT2D eigenvalue weighted by Crippen LogP contribution is 2.33. The van der Waals surface area contributed by atoms with Crippen molar-refractivity contribution < 1.29 is 14.7 Å². The third-order valence-electron chi connectivity index (χ3n) is 3.07. The van der Waals surface area contributed by atoms with Crippen molar-refractivity contribution in [1.82, 2.24) is 10.6 Å². The van der Waals surface area contributed by atoms with Crippen LogP contribution >= 0.6 is 11.8 Å². The standard InChI is InChI=1S/C10H16N2O3S.BH3/c13-8(14)4-2-1-3-7-9-6(5-16-7)11-10(15)12-9;/h6-7,9H,1-5H2,(H,13,14)(H2,11,12,15);1H3/t6-,7-,9-;/m0./s1. The summed E-state index contributed by atoms with van der Waals surface area (Å²) >= 11 is 1.87. The summed E-state index contributed by atoms with van der Waals surface area (Å²) in [5.41, 5.74) is 0. The van der Waals surface area contributed by atoms with Gasteiger partial charge in [-0.1, -0.05) is 6.42 Å². The zero-order valence-corrected chi connectivity index (χ0v) is 9.76. The molecule has 2 fully saturated rings. The first-order valence-electron chi connectivity index (χ1n) is 5.57. The molecule has 17 heavy (non-hydrogen) atoms. The molecule has 2 aliphatic heterocycles. The van der Waals surface area contributed by atoms with E-state index in [1.807, 2.05) is 11.8 Å². The predicted molar refractivity (Wildman–Crippen MR) is 71.5 cm³/mol. The third kappa shape index (κ3) is 3.56. The Balaban J connectivity index is 0.00000144. The van der Waals surface area contributed by atoms with Gasteiger partial charge in [0, 0.05) is 17.4 Å². The van der Waals surface area contributed by atoms with Crippen molar-refractivity contribution in [3.8, 4) is 0 Å². The molecule has 5 nitrogen and oxygen atoms in total. The molecule has 0 aromatic rings. The minimum atomic E-state index is -0.729. The van der Waals surface area contributed by atoms with Gasteiger partial charge in [-0.25, -0.2) is 4.79 Å². The summed E-state index contributed by atoms with van der Waals surface area (Å²) in [6.45, 7) is 0. The monoisotopic (exact) mass is 258 g/mol. The summed E-state index contributed by atoms with van der Waals surface area (Å²) in [5, 5.41) is 14.8. The number of aliphatic carboxylic acids is 1. The molecule has 7 heteroatoms. The second kappa shape index (κ2) is 6.19. The largest absolute Gasteiger partial charge is 0.481 e. The van der Waals surface area contributed by atoms with Crippen LogP contribution in [0.5, 0.6) is 0 Å². The SMILES string of the molecule is B.O=C(O)CCCC[C@@H]1SC[C@@H]2NC(=O)N[C@@H]21. The molecule has 2 saturated heterocycles. The lowest BCUT2D eigenvalue weighted by atomic mass is 10.0. The Bertz CT molecular complexity index is 303. The van der Waals surface area contributed by atoms with Gasteiger partial charge in [0.25, 0.3) is 0 Å². The van der Waals surface area contributed by atoms with Gasteiger partial charge in [-0.05, 0) is 12.8 Å². The van der Waals surface area contributed by atoms with Crippen molar-refractivity contribution in [1.29, 1.82) is 0 Å². The number of nitrogens with one attached hydrogen (secondary N) is 2. The van der Waals surface area contributed by atoms with E-state index in [2.05, 4.69) is 10.6 Å². The Morgan fingerprint density at radius 1 is 1.41 bits per heavy atom. The fourth-order valence-electron chi connectivity index (χ4n) is 2.26. The molecule has 0 aliphatic carbocycles. The highest BCUT2D eigenvalue weighted by Gasteiger charge is 2.42. The average Bonchev–Trinajstić information content (AvgIpc) is 2.72. The number of fused-ring (bicyclic) bond motifs is 1. The van der Waals surface area contributed by atoms with Crippen LogP contribution in [-0.4, -0.2) is 48.6 Å². The van der Waals surface area contributed by atoms with Crippen LogP contribution in [-0.2, 0) is 4.79 Å². The van der Waals surface area contributed by atoms with Crippen molar-refractivity contribution in [2.24, 2.45) is 0 Å². The van der Waals surface area contributed by atoms with Gasteiger partial charge in [-0.15, -0.1) is 0 Å². The molecule has 0 radical (unpaired) electrons. The van der Waals surface area contributed by atoms with E-state index in [1.165, 1.54) is 0 Å². The molecule has 3 N–H and O–H groups in total. The lowest BCUT2D eigenvalue weighted by Gasteiger charge is -2.16. The van der Waals surface area contributed by atoms with Gasteiger partial charge in [0.15, 0.2) is 0 Å². The van der Waals surface area contributed by atoms with E-state index < -0.39 is 5.97 Å². The number of hydrogen-bond donors (Lipinski definition) is 3. The number of carboxylic acid groups (broad SMARTS) is 1. The first-order chi connectivity index (χ1) is 7.66. The summed E-state index contributed by atoms with van der Waals surface area (Å²) in [6.07, 6.45) is 2.88. The fourth-order valence-corrected chi connectivity index (χ4v) is 3.81. The minimum absolute atomic E-state index is 0. The molecule has 2 heterocycles. The van der Waals surface area contributed by atoms with Crippen molar-refractivity contribution in [3.63, 3.8) is 0 Å². The number of rotatable bonds is 5. The van der Waals surface area contributed by atoms with Crippen LogP contribution in [0.25, 0.3) is 0 Å². The summed E-state index contributed by atoms with van der Waals surface area (Å²) < 4.78 is 0. The molecule has 0 aromatic carbocycles. The maximum Gasteiger partial charge on any atom is 0.315 e. The Labute approximate surface area is 107 Å². The maximum atomic E-state index is 11.1. The van der Waals surface area contributed by atoms with Crippen LogP contribution in [0.3, 0.4) is 0 Å². The molecule has 0 spiro atoms. The van der Waals surface area contributed by atoms with Gasteiger partial charge in [-0.2, -0.15) is 11.8 Å². The molecule has 96 valence electrons. The topological polar surface area (TPSA) is 78.4 Å². The van der Waals surface area contributed by atoms with Crippen LogP contribution in [0.15, 0.2) is 0 Å². The molecule has 0 bridgehead atoms. The molecule has 2 aliphatic rings.